The summed E-state index contributed by atoms with van der Waals surface area (Å²) in [6.07, 6.45) is 5.49. The summed E-state index contributed by atoms with van der Waals surface area (Å²) in [4.78, 5) is 36.0. The zero-order valence-corrected chi connectivity index (χ0v) is 20.9. The molecule has 0 bridgehead atoms. The van der Waals surface area contributed by atoms with Crippen molar-refractivity contribution in [3.05, 3.63) is 44.7 Å². The summed E-state index contributed by atoms with van der Waals surface area (Å²) < 4.78 is 2.12. The number of pyridine rings is 1. The van der Waals surface area contributed by atoms with Crippen molar-refractivity contribution in [3.63, 3.8) is 0 Å². The van der Waals surface area contributed by atoms with E-state index in [-0.39, 0.29) is 17.5 Å². The number of thioether (sulfide) groups is 1. The summed E-state index contributed by atoms with van der Waals surface area (Å²) in [5.74, 6) is 1.54. The Balaban J connectivity index is 1.88. The van der Waals surface area contributed by atoms with E-state index >= 15 is 0 Å². The molecule has 0 unspecified atom stereocenters. The summed E-state index contributed by atoms with van der Waals surface area (Å²) >= 11 is 6.76. The molecule has 3 atom stereocenters. The van der Waals surface area contributed by atoms with Crippen LogP contribution in [0, 0.1) is 18.8 Å². The van der Waals surface area contributed by atoms with E-state index in [9.17, 15) is 9.59 Å². The van der Waals surface area contributed by atoms with Gasteiger partial charge in [-0.05, 0) is 56.2 Å². The van der Waals surface area contributed by atoms with E-state index < -0.39 is 0 Å². The van der Waals surface area contributed by atoms with Crippen LogP contribution in [0.2, 0.25) is 0 Å². The number of nitrogens with zero attached hydrogens (tertiary/aromatic N) is 4. The standard InChI is InChI=1S/C24H30N4O2S2/c1-6-17(5)28-23(30)19(32-24(28)31)10-18-21(26-11-15(3)9-16(4)12-26)25-20-8-7-14(2)13-27(20)22(18)29/h7-8,10,13,15-17H,6,9,11-12H2,1-5H3/b19-10-/t15-,16+,17-/m1/s1. The van der Waals surface area contributed by atoms with Crippen LogP contribution >= 0.6 is 24.0 Å². The van der Waals surface area contributed by atoms with Crippen LogP contribution in [0.25, 0.3) is 11.7 Å². The summed E-state index contributed by atoms with van der Waals surface area (Å²) in [7, 11) is 0. The van der Waals surface area contributed by atoms with E-state index in [1.165, 1.54) is 11.8 Å². The molecule has 0 saturated carbocycles. The smallest absolute Gasteiger partial charge is 0.267 e. The summed E-state index contributed by atoms with van der Waals surface area (Å²) in [5, 5.41) is 0. The number of piperidine rings is 1. The van der Waals surface area contributed by atoms with Crippen molar-refractivity contribution in [2.24, 2.45) is 11.8 Å². The van der Waals surface area contributed by atoms with Gasteiger partial charge < -0.3 is 4.90 Å². The molecule has 170 valence electrons. The molecule has 1 amide bonds. The van der Waals surface area contributed by atoms with Crippen molar-refractivity contribution in [3.8, 4) is 0 Å². The first kappa shape index (κ1) is 23.0. The van der Waals surface area contributed by atoms with Gasteiger partial charge >= 0.3 is 0 Å². The highest BCUT2D eigenvalue weighted by atomic mass is 32.2. The van der Waals surface area contributed by atoms with Crippen molar-refractivity contribution in [2.75, 3.05) is 18.0 Å². The largest absolute Gasteiger partial charge is 0.355 e. The molecular weight excluding hydrogens is 440 g/mol. The normalized spacial score (nSPS) is 24.1. The van der Waals surface area contributed by atoms with Crippen LogP contribution in [-0.4, -0.2) is 43.6 Å². The molecule has 0 aromatic carbocycles. The second-order valence-corrected chi connectivity index (χ2v) is 10.9. The molecule has 4 heterocycles. The minimum Gasteiger partial charge on any atom is -0.355 e. The molecule has 2 aromatic heterocycles. The van der Waals surface area contributed by atoms with E-state index in [4.69, 9.17) is 17.2 Å². The molecule has 32 heavy (non-hydrogen) atoms. The van der Waals surface area contributed by atoms with Crippen LogP contribution in [0.1, 0.15) is 51.7 Å². The van der Waals surface area contributed by atoms with Gasteiger partial charge in [-0.2, -0.15) is 0 Å². The van der Waals surface area contributed by atoms with Gasteiger partial charge in [-0.25, -0.2) is 4.98 Å². The average Bonchev–Trinajstić information content (AvgIpc) is 3.02. The van der Waals surface area contributed by atoms with Gasteiger partial charge in [0, 0.05) is 25.3 Å². The van der Waals surface area contributed by atoms with Gasteiger partial charge in [0.2, 0.25) is 0 Å². The number of carbonyl (C=O) groups excluding carboxylic acids is 1. The van der Waals surface area contributed by atoms with Crippen LogP contribution in [0.5, 0.6) is 0 Å². The Hall–Kier alpha value is -2.19. The number of rotatable bonds is 4. The van der Waals surface area contributed by atoms with Gasteiger partial charge in [0.25, 0.3) is 11.5 Å². The van der Waals surface area contributed by atoms with Crippen molar-refractivity contribution in [2.45, 2.75) is 53.5 Å². The van der Waals surface area contributed by atoms with E-state index in [0.717, 1.165) is 31.5 Å². The topological polar surface area (TPSA) is 57.9 Å². The second-order valence-electron chi connectivity index (χ2n) is 9.25. The van der Waals surface area contributed by atoms with Gasteiger partial charge in [0.15, 0.2) is 0 Å². The predicted octanol–water partition coefficient (Wildman–Crippen LogP) is 4.48. The Kier molecular flexibility index (Phi) is 6.45. The maximum Gasteiger partial charge on any atom is 0.267 e. The van der Waals surface area contributed by atoms with Crippen molar-refractivity contribution >= 4 is 51.7 Å². The van der Waals surface area contributed by atoms with Crippen LogP contribution in [0.15, 0.2) is 28.0 Å². The minimum atomic E-state index is -0.159. The van der Waals surface area contributed by atoms with Gasteiger partial charge in [-0.15, -0.1) is 0 Å². The van der Waals surface area contributed by atoms with Crippen LogP contribution in [-0.2, 0) is 4.79 Å². The highest BCUT2D eigenvalue weighted by Crippen LogP contribution is 2.36. The fraction of sp³-hybridized carbons (Fsp3) is 0.500. The first-order valence-electron chi connectivity index (χ1n) is 11.2. The number of thiocarbonyl (C=S) groups is 1. The van der Waals surface area contributed by atoms with E-state index in [0.29, 0.717) is 38.1 Å². The fourth-order valence-electron chi connectivity index (χ4n) is 4.62. The molecule has 2 aliphatic heterocycles. The van der Waals surface area contributed by atoms with Crippen molar-refractivity contribution in [1.82, 2.24) is 14.3 Å². The molecule has 2 fully saturated rings. The van der Waals surface area contributed by atoms with Crippen LogP contribution in [0.4, 0.5) is 5.82 Å². The number of fused-ring (bicyclic) bond motifs is 1. The number of hydrogen-bond acceptors (Lipinski definition) is 6. The Morgan fingerprint density at radius 1 is 1.25 bits per heavy atom. The third kappa shape index (κ3) is 4.22. The molecule has 2 aromatic rings. The van der Waals surface area contributed by atoms with Gasteiger partial charge in [-0.3, -0.25) is 18.9 Å². The maximum atomic E-state index is 13.6. The number of aryl methyl sites for hydroxylation is 1. The van der Waals surface area contributed by atoms with E-state index in [2.05, 4.69) is 18.7 Å². The Bertz CT molecular complexity index is 1160. The Labute approximate surface area is 198 Å². The lowest BCUT2D eigenvalue weighted by molar-refractivity contribution is -0.123. The summed E-state index contributed by atoms with van der Waals surface area (Å²) in [6.45, 7) is 12.1. The van der Waals surface area contributed by atoms with E-state index in [1.807, 2.05) is 32.9 Å². The second kappa shape index (κ2) is 8.98. The third-order valence-electron chi connectivity index (χ3n) is 6.28. The first-order valence-corrected chi connectivity index (χ1v) is 12.5. The van der Waals surface area contributed by atoms with Gasteiger partial charge in [0.1, 0.15) is 15.8 Å². The molecule has 0 N–H and O–H groups in total. The highest BCUT2D eigenvalue weighted by Gasteiger charge is 2.35. The Morgan fingerprint density at radius 3 is 2.59 bits per heavy atom. The number of aromatic nitrogens is 2. The SMILES string of the molecule is CC[C@@H](C)N1C(=O)/C(=C/c2c(N3C[C@H](C)C[C@H](C)C3)nc3ccc(C)cn3c2=O)SC1=S. The van der Waals surface area contributed by atoms with Crippen molar-refractivity contribution < 1.29 is 4.79 Å². The molecule has 4 rings (SSSR count). The molecule has 2 saturated heterocycles. The zero-order valence-electron chi connectivity index (χ0n) is 19.3. The average molecular weight is 471 g/mol. The highest BCUT2D eigenvalue weighted by molar-refractivity contribution is 8.26. The molecule has 6 nitrogen and oxygen atoms in total. The predicted molar refractivity (Wildman–Crippen MR) is 136 cm³/mol. The first-order chi connectivity index (χ1) is 15.2. The quantitative estimate of drug-likeness (QED) is 0.485. The molecule has 8 heteroatoms. The molecule has 0 radical (unpaired) electrons. The van der Waals surface area contributed by atoms with Gasteiger partial charge in [-0.1, -0.05) is 50.8 Å². The molecular formula is C24H30N4O2S2. The van der Waals surface area contributed by atoms with Crippen LogP contribution in [0.3, 0.4) is 0 Å². The summed E-state index contributed by atoms with van der Waals surface area (Å²) in [5.41, 5.74) is 1.89. The number of carbonyl (C=O) groups is 1. The minimum absolute atomic E-state index is 0.0233. The lowest BCUT2D eigenvalue weighted by atomic mass is 9.91. The monoisotopic (exact) mass is 470 g/mol. The van der Waals surface area contributed by atoms with Crippen LogP contribution < -0.4 is 10.5 Å². The summed E-state index contributed by atoms with van der Waals surface area (Å²) in [6, 6.07) is 3.86. The van der Waals surface area contributed by atoms with E-state index in [1.54, 1.807) is 21.6 Å². The molecule has 0 spiro atoms. The zero-order chi connectivity index (χ0) is 23.2. The van der Waals surface area contributed by atoms with Crippen molar-refractivity contribution in [1.29, 1.82) is 0 Å². The number of hydrogen-bond donors (Lipinski definition) is 0. The third-order valence-corrected chi connectivity index (χ3v) is 7.61. The maximum absolute atomic E-state index is 13.6. The fourth-order valence-corrected chi connectivity index (χ4v) is 6.07. The number of amides is 1. The number of anilines is 1. The van der Waals surface area contributed by atoms with Gasteiger partial charge in [0.05, 0.1) is 10.5 Å². The molecule has 2 aliphatic rings. The lowest BCUT2D eigenvalue weighted by Gasteiger charge is -2.36. The molecule has 0 aliphatic carbocycles. The Morgan fingerprint density at radius 2 is 1.94 bits per heavy atom. The lowest BCUT2D eigenvalue weighted by Crippen LogP contribution is -2.40.